The average Bonchev–Trinajstić information content (AvgIpc) is 2.38. The molecule has 0 bridgehead atoms. The number of amides is 1. The van der Waals surface area contributed by atoms with E-state index in [1.54, 1.807) is 0 Å². The van der Waals surface area contributed by atoms with Gasteiger partial charge in [0, 0.05) is 13.1 Å². The summed E-state index contributed by atoms with van der Waals surface area (Å²) in [4.78, 5) is 12.6. The van der Waals surface area contributed by atoms with Crippen molar-refractivity contribution >= 4 is 6.09 Å². The summed E-state index contributed by atoms with van der Waals surface area (Å²) in [5.41, 5.74) is 1.18. The smallest absolute Gasteiger partial charge is 0.408 e. The van der Waals surface area contributed by atoms with E-state index < -0.39 is 6.09 Å². The van der Waals surface area contributed by atoms with Crippen molar-refractivity contribution < 1.29 is 9.90 Å². The van der Waals surface area contributed by atoms with Gasteiger partial charge in [0.2, 0.25) is 0 Å². The van der Waals surface area contributed by atoms with E-state index in [1.807, 2.05) is 30.3 Å². The Labute approximate surface area is 101 Å². The Kier molecular flexibility index (Phi) is 3.98. The molecule has 17 heavy (non-hydrogen) atoms. The molecule has 4 nitrogen and oxygen atoms in total. The molecule has 1 amide bonds. The monoisotopic (exact) mass is 234 g/mol. The first-order valence-electron chi connectivity index (χ1n) is 6.04. The first-order valence-corrected chi connectivity index (χ1v) is 6.04. The summed E-state index contributed by atoms with van der Waals surface area (Å²) in [6, 6.07) is 10.1. The van der Waals surface area contributed by atoms with Crippen LogP contribution in [0, 0.1) is 0 Å². The lowest BCUT2D eigenvalue weighted by Gasteiger charge is -2.34. The van der Waals surface area contributed by atoms with Crippen LogP contribution in [-0.4, -0.2) is 28.8 Å². The molecule has 1 aromatic rings. The van der Waals surface area contributed by atoms with E-state index in [2.05, 4.69) is 5.32 Å². The second-order valence-corrected chi connectivity index (χ2v) is 4.35. The number of nitrogens with zero attached hydrogens (tertiary/aromatic N) is 1. The van der Waals surface area contributed by atoms with Crippen LogP contribution in [0.15, 0.2) is 30.3 Å². The van der Waals surface area contributed by atoms with Crippen molar-refractivity contribution in [2.45, 2.75) is 32.0 Å². The Morgan fingerprint density at radius 3 is 2.82 bits per heavy atom. The second kappa shape index (κ2) is 5.68. The highest BCUT2D eigenvalue weighted by Gasteiger charge is 2.25. The van der Waals surface area contributed by atoms with E-state index in [0.717, 1.165) is 25.8 Å². The zero-order valence-electron chi connectivity index (χ0n) is 9.80. The maximum Gasteiger partial charge on any atom is 0.408 e. The lowest BCUT2D eigenvalue weighted by atomic mass is 10.1. The molecule has 1 saturated heterocycles. The van der Waals surface area contributed by atoms with Crippen molar-refractivity contribution in [3.05, 3.63) is 35.9 Å². The summed E-state index contributed by atoms with van der Waals surface area (Å²) >= 11 is 0. The molecule has 1 fully saturated rings. The molecular formula is C13H18N2O2. The summed E-state index contributed by atoms with van der Waals surface area (Å²) in [5.74, 6) is 0. The van der Waals surface area contributed by atoms with E-state index in [4.69, 9.17) is 5.11 Å². The molecule has 1 aliphatic heterocycles. The van der Waals surface area contributed by atoms with Gasteiger partial charge in [-0.15, -0.1) is 0 Å². The highest BCUT2D eigenvalue weighted by Crippen LogP contribution is 2.15. The van der Waals surface area contributed by atoms with Gasteiger partial charge in [-0.2, -0.15) is 0 Å². The Hall–Kier alpha value is -1.55. The minimum absolute atomic E-state index is 0.0403. The number of carboxylic acid groups (broad SMARTS) is 1. The molecular weight excluding hydrogens is 216 g/mol. The average molecular weight is 234 g/mol. The largest absolute Gasteiger partial charge is 0.465 e. The Morgan fingerprint density at radius 2 is 2.12 bits per heavy atom. The third-order valence-corrected chi connectivity index (χ3v) is 3.13. The molecule has 2 rings (SSSR count). The van der Waals surface area contributed by atoms with Gasteiger partial charge in [0.05, 0.1) is 6.17 Å². The number of hydrogen-bond donors (Lipinski definition) is 2. The predicted octanol–water partition coefficient (Wildman–Crippen LogP) is 2.27. The minimum atomic E-state index is -0.824. The molecule has 1 unspecified atom stereocenters. The lowest BCUT2D eigenvalue weighted by Crippen LogP contribution is -2.50. The van der Waals surface area contributed by atoms with E-state index in [-0.39, 0.29) is 6.17 Å². The minimum Gasteiger partial charge on any atom is -0.465 e. The standard InChI is InChI=1S/C13H18N2O2/c16-13(17)15-9-5-4-8-12(15)14-10-11-6-2-1-3-7-11/h1-3,6-7,12,14H,4-5,8-10H2,(H,16,17). The molecule has 0 spiro atoms. The van der Waals surface area contributed by atoms with Crippen LogP contribution in [0.4, 0.5) is 4.79 Å². The third kappa shape index (κ3) is 3.20. The molecule has 1 aliphatic rings. The van der Waals surface area contributed by atoms with Crippen LogP contribution in [0.5, 0.6) is 0 Å². The van der Waals surface area contributed by atoms with Crippen molar-refractivity contribution in [1.29, 1.82) is 0 Å². The van der Waals surface area contributed by atoms with Gasteiger partial charge in [-0.25, -0.2) is 4.79 Å². The molecule has 1 heterocycles. The van der Waals surface area contributed by atoms with E-state index >= 15 is 0 Å². The fraction of sp³-hybridized carbons (Fsp3) is 0.462. The van der Waals surface area contributed by atoms with Crippen LogP contribution >= 0.6 is 0 Å². The van der Waals surface area contributed by atoms with Gasteiger partial charge in [-0.1, -0.05) is 30.3 Å². The second-order valence-electron chi connectivity index (χ2n) is 4.35. The van der Waals surface area contributed by atoms with E-state index in [9.17, 15) is 4.79 Å². The maximum absolute atomic E-state index is 11.1. The van der Waals surface area contributed by atoms with Gasteiger partial charge in [0.1, 0.15) is 0 Å². The molecule has 4 heteroatoms. The van der Waals surface area contributed by atoms with Gasteiger partial charge in [0.15, 0.2) is 0 Å². The predicted molar refractivity (Wildman–Crippen MR) is 65.7 cm³/mol. The van der Waals surface area contributed by atoms with Gasteiger partial charge in [-0.3, -0.25) is 10.2 Å². The molecule has 0 saturated carbocycles. The van der Waals surface area contributed by atoms with E-state index in [1.165, 1.54) is 10.5 Å². The van der Waals surface area contributed by atoms with Crippen molar-refractivity contribution in [2.75, 3.05) is 6.54 Å². The Bertz CT molecular complexity index is 367. The van der Waals surface area contributed by atoms with Gasteiger partial charge in [-0.05, 0) is 24.8 Å². The van der Waals surface area contributed by atoms with Crippen LogP contribution in [-0.2, 0) is 6.54 Å². The zero-order valence-corrected chi connectivity index (χ0v) is 9.80. The Morgan fingerprint density at radius 1 is 1.35 bits per heavy atom. The number of benzene rings is 1. The molecule has 2 N–H and O–H groups in total. The number of nitrogens with one attached hydrogen (secondary N) is 1. The fourth-order valence-corrected chi connectivity index (χ4v) is 2.20. The van der Waals surface area contributed by atoms with Crippen molar-refractivity contribution in [2.24, 2.45) is 0 Å². The topological polar surface area (TPSA) is 52.6 Å². The zero-order chi connectivity index (χ0) is 12.1. The molecule has 0 aliphatic carbocycles. The summed E-state index contributed by atoms with van der Waals surface area (Å²) in [5, 5.41) is 12.4. The summed E-state index contributed by atoms with van der Waals surface area (Å²) in [6.45, 7) is 1.36. The number of carbonyl (C=O) groups is 1. The summed E-state index contributed by atoms with van der Waals surface area (Å²) < 4.78 is 0. The third-order valence-electron chi connectivity index (χ3n) is 3.13. The first kappa shape index (κ1) is 11.9. The summed E-state index contributed by atoms with van der Waals surface area (Å²) in [6.07, 6.45) is 2.10. The number of rotatable bonds is 3. The Balaban J connectivity index is 1.90. The number of hydrogen-bond acceptors (Lipinski definition) is 2. The molecule has 0 aromatic heterocycles. The number of likely N-dealkylation sites (tertiary alicyclic amines) is 1. The summed E-state index contributed by atoms with van der Waals surface area (Å²) in [7, 11) is 0. The fourth-order valence-electron chi connectivity index (χ4n) is 2.20. The van der Waals surface area contributed by atoms with Gasteiger partial charge >= 0.3 is 6.09 Å². The van der Waals surface area contributed by atoms with Crippen LogP contribution in [0.25, 0.3) is 0 Å². The van der Waals surface area contributed by atoms with Crippen molar-refractivity contribution in [1.82, 2.24) is 10.2 Å². The molecule has 92 valence electrons. The quantitative estimate of drug-likeness (QED) is 0.843. The molecule has 1 aromatic carbocycles. The maximum atomic E-state index is 11.1. The highest BCUT2D eigenvalue weighted by molar-refractivity contribution is 5.65. The van der Waals surface area contributed by atoms with Crippen molar-refractivity contribution in [3.8, 4) is 0 Å². The normalized spacial score (nSPS) is 20.2. The lowest BCUT2D eigenvalue weighted by molar-refractivity contribution is 0.0931. The van der Waals surface area contributed by atoms with E-state index in [0.29, 0.717) is 6.54 Å². The highest BCUT2D eigenvalue weighted by atomic mass is 16.4. The van der Waals surface area contributed by atoms with Crippen LogP contribution < -0.4 is 5.32 Å². The molecule has 1 atom stereocenters. The van der Waals surface area contributed by atoms with Crippen molar-refractivity contribution in [3.63, 3.8) is 0 Å². The number of piperidine rings is 1. The van der Waals surface area contributed by atoms with Crippen LogP contribution in [0.3, 0.4) is 0 Å². The SMILES string of the molecule is O=C(O)N1CCCCC1NCc1ccccc1. The van der Waals surface area contributed by atoms with Crippen LogP contribution in [0.2, 0.25) is 0 Å². The first-order chi connectivity index (χ1) is 8.27. The van der Waals surface area contributed by atoms with Gasteiger partial charge < -0.3 is 5.11 Å². The van der Waals surface area contributed by atoms with Gasteiger partial charge in [0.25, 0.3) is 0 Å². The van der Waals surface area contributed by atoms with Crippen LogP contribution in [0.1, 0.15) is 24.8 Å². The molecule has 0 radical (unpaired) electrons.